The zero-order valence-corrected chi connectivity index (χ0v) is 11.6. The van der Waals surface area contributed by atoms with Gasteiger partial charge in [-0.15, -0.1) is 0 Å². The van der Waals surface area contributed by atoms with Crippen molar-refractivity contribution in [2.24, 2.45) is 0 Å². The topological polar surface area (TPSA) is 115 Å². The zero-order valence-electron chi connectivity index (χ0n) is 11.6. The minimum absolute atomic E-state index is 0.176. The summed E-state index contributed by atoms with van der Waals surface area (Å²) in [6.45, 7) is 9.70. The first kappa shape index (κ1) is 22.5. The second kappa shape index (κ2) is 16.3. The van der Waals surface area contributed by atoms with Crippen molar-refractivity contribution in [2.45, 2.75) is 33.1 Å². The Bertz CT molecular complexity index is 231. The predicted molar refractivity (Wildman–Crippen MR) is 72.9 cm³/mol. The maximum Gasteiger partial charge on any atom is 0.330 e. The fraction of sp³-hybridized carbons (Fsp3) is 0.538. The van der Waals surface area contributed by atoms with E-state index in [0.717, 1.165) is 19.3 Å². The number of aliphatic hydroxyl groups excluding tert-OH is 2. The van der Waals surface area contributed by atoms with Crippen LogP contribution in [-0.2, 0) is 9.59 Å². The molecule has 0 spiro atoms. The largest absolute Gasteiger partial charge is 0.478 e. The molecule has 0 unspecified atom stereocenters. The lowest BCUT2D eigenvalue weighted by Crippen LogP contribution is -1.92. The molecule has 0 aliphatic rings. The van der Waals surface area contributed by atoms with E-state index in [9.17, 15) is 9.59 Å². The second-order valence-electron chi connectivity index (χ2n) is 3.68. The van der Waals surface area contributed by atoms with E-state index in [2.05, 4.69) is 13.2 Å². The highest BCUT2D eigenvalue weighted by atomic mass is 16.4. The molecular formula is C13H24O6. The summed E-state index contributed by atoms with van der Waals surface area (Å²) in [5.41, 5.74) is 0.352. The number of aliphatic carboxylic acids is 2. The SMILES string of the molecule is C=C(C)C(=O)O.C=C(C)C(=O)O.OCCCCCO. The van der Waals surface area contributed by atoms with E-state index in [1.165, 1.54) is 13.8 Å². The number of hydrogen-bond donors (Lipinski definition) is 4. The van der Waals surface area contributed by atoms with Crippen LogP contribution in [0.5, 0.6) is 0 Å². The van der Waals surface area contributed by atoms with Crippen LogP contribution >= 0.6 is 0 Å². The van der Waals surface area contributed by atoms with Gasteiger partial charge < -0.3 is 20.4 Å². The van der Waals surface area contributed by atoms with Gasteiger partial charge in [-0.3, -0.25) is 0 Å². The number of carboxylic acid groups (broad SMARTS) is 2. The molecule has 0 aromatic heterocycles. The van der Waals surface area contributed by atoms with E-state index in [4.69, 9.17) is 20.4 Å². The van der Waals surface area contributed by atoms with Crippen LogP contribution in [0.25, 0.3) is 0 Å². The lowest BCUT2D eigenvalue weighted by atomic mass is 10.2. The van der Waals surface area contributed by atoms with E-state index < -0.39 is 11.9 Å². The van der Waals surface area contributed by atoms with Crippen molar-refractivity contribution in [3.05, 3.63) is 24.3 Å². The quantitative estimate of drug-likeness (QED) is 0.431. The molecule has 0 fully saturated rings. The van der Waals surface area contributed by atoms with Gasteiger partial charge in [0, 0.05) is 24.4 Å². The van der Waals surface area contributed by atoms with Crippen molar-refractivity contribution >= 4 is 11.9 Å². The van der Waals surface area contributed by atoms with Crippen LogP contribution in [0.3, 0.4) is 0 Å². The number of hydrogen-bond acceptors (Lipinski definition) is 4. The second-order valence-corrected chi connectivity index (χ2v) is 3.68. The van der Waals surface area contributed by atoms with Crippen molar-refractivity contribution < 1.29 is 30.0 Å². The van der Waals surface area contributed by atoms with E-state index in [1.807, 2.05) is 0 Å². The zero-order chi connectivity index (χ0) is 15.8. The van der Waals surface area contributed by atoms with Crippen molar-refractivity contribution in [3.8, 4) is 0 Å². The lowest BCUT2D eigenvalue weighted by molar-refractivity contribution is -0.133. The van der Waals surface area contributed by atoms with Gasteiger partial charge in [-0.05, 0) is 33.1 Å². The summed E-state index contributed by atoms with van der Waals surface area (Å²) in [6, 6.07) is 0. The Hall–Kier alpha value is -1.66. The third kappa shape index (κ3) is 31.4. The molecule has 0 radical (unpaired) electrons. The molecule has 6 nitrogen and oxygen atoms in total. The molecule has 0 rings (SSSR count). The molecule has 0 atom stereocenters. The number of unbranched alkanes of at least 4 members (excludes halogenated alkanes) is 2. The van der Waals surface area contributed by atoms with E-state index in [0.29, 0.717) is 0 Å². The summed E-state index contributed by atoms with van der Waals surface area (Å²) < 4.78 is 0. The standard InChI is InChI=1S/C5H12O2.2C4H6O2/c6-4-2-1-3-5-7;2*1-3(2)4(5)6/h6-7H,1-5H2;2*1H2,2H3,(H,5,6). The Labute approximate surface area is 113 Å². The van der Waals surface area contributed by atoms with Gasteiger partial charge in [-0.2, -0.15) is 0 Å². The van der Waals surface area contributed by atoms with Gasteiger partial charge in [0.05, 0.1) is 0 Å². The summed E-state index contributed by atoms with van der Waals surface area (Å²) in [6.07, 6.45) is 2.58. The monoisotopic (exact) mass is 276 g/mol. The highest BCUT2D eigenvalue weighted by molar-refractivity contribution is 5.85. The molecule has 0 amide bonds. The normalized spacial score (nSPS) is 8.21. The van der Waals surface area contributed by atoms with Crippen molar-refractivity contribution in [1.29, 1.82) is 0 Å². The average molecular weight is 276 g/mol. The van der Waals surface area contributed by atoms with Gasteiger partial charge >= 0.3 is 11.9 Å². The smallest absolute Gasteiger partial charge is 0.330 e. The van der Waals surface area contributed by atoms with Gasteiger partial charge in [0.25, 0.3) is 0 Å². The maximum atomic E-state index is 9.60. The van der Waals surface area contributed by atoms with Gasteiger partial charge in [0.15, 0.2) is 0 Å². The maximum absolute atomic E-state index is 9.60. The highest BCUT2D eigenvalue weighted by Crippen LogP contribution is 1.90. The summed E-state index contributed by atoms with van der Waals surface area (Å²) in [5, 5.41) is 32.2. The predicted octanol–water partition coefficient (Wildman–Crippen LogP) is 1.44. The van der Waals surface area contributed by atoms with Crippen LogP contribution in [0.15, 0.2) is 24.3 Å². The van der Waals surface area contributed by atoms with Crippen molar-refractivity contribution in [2.75, 3.05) is 13.2 Å². The van der Waals surface area contributed by atoms with Crippen molar-refractivity contribution in [3.63, 3.8) is 0 Å². The number of carboxylic acids is 2. The van der Waals surface area contributed by atoms with E-state index in [1.54, 1.807) is 0 Å². The Balaban J connectivity index is -0.000000203. The third-order valence-corrected chi connectivity index (χ3v) is 1.55. The highest BCUT2D eigenvalue weighted by Gasteiger charge is 1.90. The molecule has 0 aliphatic heterocycles. The Morgan fingerprint density at radius 1 is 0.789 bits per heavy atom. The van der Waals surface area contributed by atoms with Crippen molar-refractivity contribution in [1.82, 2.24) is 0 Å². The first-order valence-corrected chi connectivity index (χ1v) is 5.70. The molecule has 0 heterocycles. The van der Waals surface area contributed by atoms with E-state index in [-0.39, 0.29) is 24.4 Å². The van der Waals surface area contributed by atoms with Gasteiger partial charge in [-0.1, -0.05) is 13.2 Å². The molecule has 112 valence electrons. The first-order valence-electron chi connectivity index (χ1n) is 5.70. The molecule has 0 aromatic rings. The van der Waals surface area contributed by atoms with Crippen LogP contribution in [0.2, 0.25) is 0 Å². The Kier molecular flexibility index (Phi) is 19.4. The van der Waals surface area contributed by atoms with Crippen LogP contribution in [-0.4, -0.2) is 45.6 Å². The van der Waals surface area contributed by atoms with Crippen LogP contribution in [0, 0.1) is 0 Å². The minimum atomic E-state index is -0.935. The fourth-order valence-corrected chi connectivity index (χ4v) is 0.400. The summed E-state index contributed by atoms with van der Waals surface area (Å²) in [4.78, 5) is 19.2. The molecule has 0 saturated carbocycles. The summed E-state index contributed by atoms with van der Waals surface area (Å²) >= 11 is 0. The molecular weight excluding hydrogens is 252 g/mol. The number of rotatable bonds is 6. The molecule has 0 saturated heterocycles. The minimum Gasteiger partial charge on any atom is -0.478 e. The van der Waals surface area contributed by atoms with E-state index >= 15 is 0 Å². The first-order chi connectivity index (χ1) is 8.70. The van der Waals surface area contributed by atoms with Gasteiger partial charge in [0.1, 0.15) is 0 Å². The number of carbonyl (C=O) groups is 2. The van der Waals surface area contributed by atoms with Gasteiger partial charge in [0.2, 0.25) is 0 Å². The average Bonchev–Trinajstić information content (AvgIpc) is 2.31. The molecule has 4 N–H and O–H groups in total. The molecule has 19 heavy (non-hydrogen) atoms. The van der Waals surface area contributed by atoms with Crippen LogP contribution < -0.4 is 0 Å². The number of aliphatic hydroxyl groups is 2. The third-order valence-electron chi connectivity index (χ3n) is 1.55. The molecule has 6 heteroatoms. The summed E-state index contributed by atoms with van der Waals surface area (Å²) in [7, 11) is 0. The van der Waals surface area contributed by atoms with Gasteiger partial charge in [-0.25, -0.2) is 9.59 Å². The van der Waals surface area contributed by atoms with Crippen LogP contribution in [0.4, 0.5) is 0 Å². The Morgan fingerprint density at radius 3 is 1.11 bits per heavy atom. The van der Waals surface area contributed by atoms with Crippen LogP contribution in [0.1, 0.15) is 33.1 Å². The molecule has 0 aliphatic carbocycles. The fourth-order valence-electron chi connectivity index (χ4n) is 0.400. The molecule has 0 bridgehead atoms. The Morgan fingerprint density at radius 2 is 1.00 bits per heavy atom. The molecule has 0 aromatic carbocycles. The lowest BCUT2D eigenvalue weighted by Gasteiger charge is -1.90. The summed E-state index contributed by atoms with van der Waals surface area (Å²) in [5.74, 6) is -1.87.